The number of alkyl halides is 3. The first-order valence-corrected chi connectivity index (χ1v) is 17.0. The number of carbonyl (C=O) groups is 1. The molecule has 252 valence electrons. The first-order valence-electron chi connectivity index (χ1n) is 17.0. The Morgan fingerprint density at radius 2 is 1.90 bits per heavy atom. The van der Waals surface area contributed by atoms with E-state index in [2.05, 4.69) is 26.5 Å². The second-order valence-corrected chi connectivity index (χ2v) is 14.3. The molecule has 49 heavy (non-hydrogen) atoms. The van der Waals surface area contributed by atoms with Crippen molar-refractivity contribution in [3.05, 3.63) is 76.6 Å². The van der Waals surface area contributed by atoms with Gasteiger partial charge in [0.1, 0.15) is 18.0 Å². The van der Waals surface area contributed by atoms with E-state index >= 15 is 0 Å². The Labute approximate surface area is 282 Å². The Hall–Kier alpha value is -4.76. The lowest BCUT2D eigenvalue weighted by Crippen LogP contribution is -2.36. The highest BCUT2D eigenvalue weighted by Gasteiger charge is 2.46. The fourth-order valence-electron chi connectivity index (χ4n) is 7.57. The number of carbonyl (C=O) groups excluding carboxylic acids is 1. The van der Waals surface area contributed by atoms with Crippen molar-refractivity contribution in [3.63, 3.8) is 0 Å². The minimum absolute atomic E-state index is 0.0275. The number of aryl methyl sites for hydroxylation is 1. The lowest BCUT2D eigenvalue weighted by Gasteiger charge is -2.33. The maximum absolute atomic E-state index is 14.6. The van der Waals surface area contributed by atoms with E-state index in [1.165, 1.54) is 43.1 Å². The summed E-state index contributed by atoms with van der Waals surface area (Å²) in [6, 6.07) is 13.9. The third kappa shape index (κ3) is 6.28. The second kappa shape index (κ2) is 12.0. The zero-order valence-corrected chi connectivity index (χ0v) is 27.4. The molecule has 1 amide bonds. The lowest BCUT2D eigenvalue weighted by molar-refractivity contribution is -0.138. The van der Waals surface area contributed by atoms with Gasteiger partial charge in [-0.1, -0.05) is 12.8 Å². The van der Waals surface area contributed by atoms with Gasteiger partial charge in [-0.3, -0.25) is 14.6 Å². The number of amides is 1. The normalized spacial score (nSPS) is 18.5. The van der Waals surface area contributed by atoms with Crippen LogP contribution in [0.3, 0.4) is 0 Å². The van der Waals surface area contributed by atoms with Crippen LogP contribution in [0.1, 0.15) is 77.6 Å². The number of hydrogen-bond donors (Lipinski definition) is 1. The molecule has 0 bridgehead atoms. The summed E-state index contributed by atoms with van der Waals surface area (Å²) in [5.74, 6) is 1.48. The summed E-state index contributed by atoms with van der Waals surface area (Å²) in [4.78, 5) is 22.5. The Kier molecular flexibility index (Phi) is 7.70. The van der Waals surface area contributed by atoms with Gasteiger partial charge >= 0.3 is 6.18 Å². The molecule has 1 spiro atoms. The average molecular weight is 667 g/mol. The summed E-state index contributed by atoms with van der Waals surface area (Å²) >= 11 is 0. The van der Waals surface area contributed by atoms with Gasteiger partial charge in [0.05, 0.1) is 23.7 Å². The summed E-state index contributed by atoms with van der Waals surface area (Å²) < 4.78 is 45.6. The fourth-order valence-corrected chi connectivity index (χ4v) is 7.57. The van der Waals surface area contributed by atoms with Crippen molar-refractivity contribution >= 4 is 17.5 Å². The van der Waals surface area contributed by atoms with Gasteiger partial charge in [0.2, 0.25) is 0 Å². The quantitative estimate of drug-likeness (QED) is 0.202. The van der Waals surface area contributed by atoms with Crippen LogP contribution in [0.4, 0.5) is 24.8 Å². The number of nitriles is 1. The van der Waals surface area contributed by atoms with E-state index in [-0.39, 0.29) is 23.5 Å². The van der Waals surface area contributed by atoms with E-state index < -0.39 is 17.6 Å². The molecule has 8 rings (SSSR count). The first-order chi connectivity index (χ1) is 23.6. The number of fused-ring (bicyclic) bond motifs is 1. The molecule has 0 radical (unpaired) electrons. The summed E-state index contributed by atoms with van der Waals surface area (Å²) in [5.41, 5.74) is 2.57. The van der Waals surface area contributed by atoms with Gasteiger partial charge in [-0.05, 0) is 115 Å². The molecule has 3 fully saturated rings. The molecule has 1 N–H and O–H groups in total. The highest BCUT2D eigenvalue weighted by atomic mass is 19.4. The monoisotopic (exact) mass is 666 g/mol. The molecule has 4 heterocycles. The molecule has 4 aromatic rings. The van der Waals surface area contributed by atoms with Gasteiger partial charge in [0, 0.05) is 37.8 Å². The maximum Gasteiger partial charge on any atom is 0.416 e. The standard InChI is InChI=1S/C37H37F3N8O/c1-46-22-43-45-34(46)27-6-5-24(18-41)13-28(27)26-16-32(42-11-7-23-3-4-23)44-33(17-26)48-20-30-29(35(48)49)14-25(15-31(30)37(38,39)40)19-47-12-2-8-36(21-47)9-10-36/h5-6,13-17,22-23H,2-4,7-12,19-21H2,1H3,(H,42,44). The Morgan fingerprint density at radius 1 is 1.06 bits per heavy atom. The van der Waals surface area contributed by atoms with Gasteiger partial charge in [-0.2, -0.15) is 18.4 Å². The number of nitrogens with zero attached hydrogens (tertiary/aromatic N) is 7. The Morgan fingerprint density at radius 3 is 2.61 bits per heavy atom. The van der Waals surface area contributed by atoms with Crippen molar-refractivity contribution in [2.24, 2.45) is 18.4 Å². The first kappa shape index (κ1) is 31.5. The van der Waals surface area contributed by atoms with Gasteiger partial charge < -0.3 is 9.88 Å². The van der Waals surface area contributed by atoms with Crippen molar-refractivity contribution in [2.75, 3.05) is 29.9 Å². The summed E-state index contributed by atoms with van der Waals surface area (Å²) in [5, 5.41) is 21.5. The van der Waals surface area contributed by atoms with Crippen molar-refractivity contribution in [2.45, 2.75) is 64.2 Å². The molecule has 2 saturated carbocycles. The van der Waals surface area contributed by atoms with Crippen molar-refractivity contribution in [1.82, 2.24) is 24.6 Å². The van der Waals surface area contributed by atoms with Crippen LogP contribution in [-0.2, 0) is 26.3 Å². The zero-order valence-electron chi connectivity index (χ0n) is 27.4. The van der Waals surface area contributed by atoms with Crippen LogP contribution >= 0.6 is 0 Å². The number of aromatic nitrogens is 4. The molecule has 4 aliphatic rings. The number of halogens is 3. The number of nitrogens with one attached hydrogen (secondary N) is 1. The molecule has 1 saturated heterocycles. The molecule has 2 aliphatic heterocycles. The van der Waals surface area contributed by atoms with Crippen LogP contribution in [0.2, 0.25) is 0 Å². The average Bonchev–Trinajstić information content (AvgIpc) is 3.99. The van der Waals surface area contributed by atoms with E-state index in [0.29, 0.717) is 63.9 Å². The topological polar surface area (TPSA) is 103 Å². The SMILES string of the molecule is Cn1cnnc1-c1ccc(C#N)cc1-c1cc(NCCC2CC2)nc(N2Cc3c(cc(CN4CCCC5(CC5)C4)cc3C(F)(F)F)C2=O)c1. The van der Waals surface area contributed by atoms with E-state index in [9.17, 15) is 23.2 Å². The molecule has 2 aliphatic carbocycles. The predicted octanol–water partition coefficient (Wildman–Crippen LogP) is 7.18. The summed E-state index contributed by atoms with van der Waals surface area (Å²) in [6.45, 7) is 2.54. The third-order valence-corrected chi connectivity index (χ3v) is 10.6. The predicted molar refractivity (Wildman–Crippen MR) is 178 cm³/mol. The summed E-state index contributed by atoms with van der Waals surface area (Å²) in [7, 11) is 1.82. The molecule has 2 aromatic carbocycles. The van der Waals surface area contributed by atoms with E-state index in [1.807, 2.05) is 13.1 Å². The van der Waals surface area contributed by atoms with Crippen molar-refractivity contribution in [3.8, 4) is 28.6 Å². The molecule has 0 unspecified atom stereocenters. The minimum atomic E-state index is -4.62. The van der Waals surface area contributed by atoms with Crippen LogP contribution in [-0.4, -0.2) is 50.2 Å². The Balaban J connectivity index is 1.18. The van der Waals surface area contributed by atoms with Crippen LogP contribution in [0.25, 0.3) is 22.5 Å². The van der Waals surface area contributed by atoms with Crippen LogP contribution in [0.5, 0.6) is 0 Å². The van der Waals surface area contributed by atoms with Crippen molar-refractivity contribution < 1.29 is 18.0 Å². The molecule has 12 heteroatoms. The van der Waals surface area contributed by atoms with E-state index in [0.717, 1.165) is 25.9 Å². The van der Waals surface area contributed by atoms with Crippen LogP contribution < -0.4 is 10.2 Å². The number of piperidine rings is 1. The van der Waals surface area contributed by atoms with Gasteiger partial charge in [0.15, 0.2) is 5.82 Å². The molecule has 9 nitrogen and oxygen atoms in total. The van der Waals surface area contributed by atoms with Crippen LogP contribution in [0, 0.1) is 22.7 Å². The van der Waals surface area contributed by atoms with Crippen molar-refractivity contribution in [1.29, 1.82) is 5.26 Å². The van der Waals surface area contributed by atoms with E-state index in [1.54, 1.807) is 41.2 Å². The minimum Gasteiger partial charge on any atom is -0.370 e. The number of hydrogen-bond acceptors (Lipinski definition) is 7. The number of anilines is 2. The lowest BCUT2D eigenvalue weighted by atomic mass is 9.94. The van der Waals surface area contributed by atoms with Gasteiger partial charge in [-0.15, -0.1) is 10.2 Å². The molecular weight excluding hydrogens is 629 g/mol. The highest BCUT2D eigenvalue weighted by Crippen LogP contribution is 2.52. The number of likely N-dealkylation sites (tertiary alicyclic amines) is 1. The molecular formula is C37H37F3N8O. The van der Waals surface area contributed by atoms with Crippen LogP contribution in [0.15, 0.2) is 48.8 Å². The Bertz CT molecular complexity index is 1990. The van der Waals surface area contributed by atoms with E-state index in [4.69, 9.17) is 4.98 Å². The number of rotatable bonds is 9. The molecule has 0 atom stereocenters. The zero-order chi connectivity index (χ0) is 33.9. The largest absolute Gasteiger partial charge is 0.416 e. The van der Waals surface area contributed by atoms with Gasteiger partial charge in [-0.25, -0.2) is 4.98 Å². The maximum atomic E-state index is 14.6. The number of benzene rings is 2. The van der Waals surface area contributed by atoms with Gasteiger partial charge in [0.25, 0.3) is 5.91 Å². The second-order valence-electron chi connectivity index (χ2n) is 14.3. The highest BCUT2D eigenvalue weighted by molar-refractivity contribution is 6.10. The smallest absolute Gasteiger partial charge is 0.370 e. The summed E-state index contributed by atoms with van der Waals surface area (Å²) in [6.07, 6.45) is 4.91. The third-order valence-electron chi connectivity index (χ3n) is 10.6. The molecule has 2 aromatic heterocycles. The number of pyridine rings is 1. The fraction of sp³-hybridized carbons (Fsp3) is 0.432.